The maximum atomic E-state index is 14.0. The van der Waals surface area contributed by atoms with Crippen LogP contribution < -0.4 is 0 Å². The zero-order valence-corrected chi connectivity index (χ0v) is 17.3. The fraction of sp³-hybridized carbons (Fsp3) is 0.105. The van der Waals surface area contributed by atoms with Gasteiger partial charge in [0.1, 0.15) is 22.9 Å². The number of pyridine rings is 1. The summed E-state index contributed by atoms with van der Waals surface area (Å²) in [4.78, 5) is 10.6. The largest absolute Gasteiger partial charge is 0.326 e. The number of rotatable bonds is 3. The Morgan fingerprint density at radius 1 is 1.13 bits per heavy atom. The van der Waals surface area contributed by atoms with Gasteiger partial charge in [0.2, 0.25) is 0 Å². The first-order valence-corrected chi connectivity index (χ1v) is 10.8. The van der Waals surface area contributed by atoms with Crippen molar-refractivity contribution < 1.29 is 21.4 Å². The molecule has 3 aromatic heterocycles. The molecule has 0 fully saturated rings. The lowest BCUT2D eigenvalue weighted by Crippen LogP contribution is -2.12. The number of nitrogens with one attached hydrogen (secondary N) is 1. The number of benzene rings is 1. The van der Waals surface area contributed by atoms with Crippen LogP contribution in [-0.4, -0.2) is 31.6 Å². The number of aryl methyl sites for hydroxylation is 2. The van der Waals surface area contributed by atoms with Crippen molar-refractivity contribution in [3.8, 4) is 11.4 Å². The van der Waals surface area contributed by atoms with Gasteiger partial charge in [-0.25, -0.2) is 35.3 Å². The van der Waals surface area contributed by atoms with Crippen molar-refractivity contribution >= 4 is 32.3 Å². The summed E-state index contributed by atoms with van der Waals surface area (Å²) in [5.74, 6) is -1.48. The first kappa shape index (κ1) is 20.1. The van der Waals surface area contributed by atoms with E-state index in [4.69, 9.17) is 0 Å². The molecular weight excluding hydrogens is 434 g/mol. The van der Waals surface area contributed by atoms with E-state index in [1.165, 1.54) is 25.3 Å². The Morgan fingerprint density at radius 3 is 2.50 bits per heavy atom. The van der Waals surface area contributed by atoms with Gasteiger partial charge in [-0.05, 0) is 32.0 Å². The number of nitrogens with zero attached hydrogens (tertiary/aromatic N) is 3. The molecule has 0 unspecified atom stereocenters. The minimum absolute atomic E-state index is 0.0162. The third-order valence-electron chi connectivity index (χ3n) is 4.52. The van der Waals surface area contributed by atoms with E-state index in [0.717, 1.165) is 21.8 Å². The van der Waals surface area contributed by atoms with E-state index < -0.39 is 21.7 Å². The minimum atomic E-state index is -4.07. The van der Waals surface area contributed by atoms with E-state index in [-0.39, 0.29) is 48.9 Å². The first-order valence-electron chi connectivity index (χ1n) is 8.61. The molecule has 0 spiro atoms. The molecule has 0 saturated carbocycles. The number of aromatic nitrogens is 4. The highest BCUT2D eigenvalue weighted by Gasteiger charge is 2.24. The number of aromatic amines is 1. The average molecular weight is 448 g/mol. The summed E-state index contributed by atoms with van der Waals surface area (Å²) in [5.41, 5.74) is 0.954. The highest BCUT2D eigenvalue weighted by Crippen LogP contribution is 2.31. The highest BCUT2D eigenvalue weighted by molar-refractivity contribution is 7.90. The maximum absolute atomic E-state index is 14.0. The second-order valence-electron chi connectivity index (χ2n) is 6.58. The number of hydrogen-bond donors (Lipinski definition) is 1. The van der Waals surface area contributed by atoms with Gasteiger partial charge in [-0.2, -0.15) is 0 Å². The summed E-state index contributed by atoms with van der Waals surface area (Å²) < 4.78 is 66.2. The molecule has 0 aliphatic heterocycles. The van der Waals surface area contributed by atoms with Gasteiger partial charge in [-0.1, -0.05) is 17.7 Å². The zero-order chi connectivity index (χ0) is 21.6. The molecule has 4 aromatic rings. The molecule has 3 heterocycles. The quantitative estimate of drug-likeness (QED) is 0.485. The zero-order valence-electron chi connectivity index (χ0n) is 15.7. The standard InChI is InChI=1S/C19H14F2N4O3S2/c1-10-3-5-13(6-4-10)30(27,28)25-9-15(14-7-12(20)8-22-18(14)25)17-23-11(2)16(21)19(24-17)29-26/h3-9H,1-2H3,(H,23,24). The summed E-state index contributed by atoms with van der Waals surface area (Å²) in [7, 11) is -4.07. The van der Waals surface area contributed by atoms with Crippen LogP contribution in [0.2, 0.25) is 0 Å². The summed E-state index contributed by atoms with van der Waals surface area (Å²) in [5, 5.41) is 0.141. The highest BCUT2D eigenvalue weighted by atomic mass is 32.2. The molecule has 30 heavy (non-hydrogen) atoms. The van der Waals surface area contributed by atoms with Gasteiger partial charge in [-0.3, -0.25) is 0 Å². The predicted molar refractivity (Wildman–Crippen MR) is 107 cm³/mol. The molecule has 1 aromatic carbocycles. The van der Waals surface area contributed by atoms with E-state index in [1.54, 1.807) is 12.1 Å². The topological polar surface area (TPSA) is 97.7 Å². The molecule has 0 atom stereocenters. The Morgan fingerprint density at radius 2 is 1.83 bits per heavy atom. The Bertz CT molecular complexity index is 1500. The lowest BCUT2D eigenvalue weighted by molar-refractivity contribution is 0.588. The fourth-order valence-corrected chi connectivity index (χ4v) is 4.69. The van der Waals surface area contributed by atoms with Crippen LogP contribution >= 0.6 is 0 Å². The summed E-state index contributed by atoms with van der Waals surface area (Å²) >= 11 is -0.0978. The number of hydrogen-bond acceptors (Lipinski definition) is 5. The van der Waals surface area contributed by atoms with Crippen molar-refractivity contribution in [1.29, 1.82) is 0 Å². The lowest BCUT2D eigenvalue weighted by Gasteiger charge is -2.07. The van der Waals surface area contributed by atoms with Crippen molar-refractivity contribution in [2.45, 2.75) is 18.7 Å². The summed E-state index contributed by atoms with van der Waals surface area (Å²) in [6.45, 7) is 3.20. The molecule has 11 heteroatoms. The van der Waals surface area contributed by atoms with Crippen LogP contribution in [0.4, 0.5) is 8.78 Å². The van der Waals surface area contributed by atoms with E-state index >= 15 is 0 Å². The second kappa shape index (κ2) is 7.26. The van der Waals surface area contributed by atoms with E-state index in [9.17, 15) is 21.4 Å². The lowest BCUT2D eigenvalue weighted by atomic mass is 10.2. The molecule has 0 amide bonds. The SMILES string of the molecule is Cc1ccc(S(=O)(=O)n2cc(-c3nc(C)c(F)c(=S=O)[nH]3)c3cc(F)cnc32)cc1. The third-order valence-corrected chi connectivity index (χ3v) is 6.64. The molecular formula is C19H14F2N4O3S2. The molecule has 0 saturated heterocycles. The van der Waals surface area contributed by atoms with Crippen molar-refractivity contribution in [3.05, 3.63) is 70.3 Å². The van der Waals surface area contributed by atoms with Crippen LogP contribution in [0.5, 0.6) is 0 Å². The Hall–Kier alpha value is -3.18. The monoisotopic (exact) mass is 448 g/mol. The number of fused-ring (bicyclic) bond motifs is 1. The van der Waals surface area contributed by atoms with Gasteiger partial charge < -0.3 is 4.98 Å². The first-order chi connectivity index (χ1) is 14.2. The predicted octanol–water partition coefficient (Wildman–Crippen LogP) is 3.30. The Labute approximate surface area is 173 Å². The molecule has 0 aliphatic carbocycles. The van der Waals surface area contributed by atoms with Gasteiger partial charge >= 0.3 is 0 Å². The van der Waals surface area contributed by atoms with Gasteiger partial charge in [0, 0.05) is 17.1 Å². The Kier molecular flexibility index (Phi) is 4.86. The van der Waals surface area contributed by atoms with Crippen molar-refractivity contribution in [3.63, 3.8) is 0 Å². The van der Waals surface area contributed by atoms with E-state index in [1.807, 2.05) is 6.92 Å². The van der Waals surface area contributed by atoms with E-state index in [2.05, 4.69) is 15.0 Å². The molecule has 4 rings (SSSR count). The number of H-pyrrole nitrogens is 1. The molecule has 0 bridgehead atoms. The molecule has 0 radical (unpaired) electrons. The van der Waals surface area contributed by atoms with Crippen LogP contribution in [0.15, 0.2) is 47.6 Å². The average Bonchev–Trinajstić information content (AvgIpc) is 3.09. The van der Waals surface area contributed by atoms with Crippen LogP contribution in [0, 0.1) is 30.1 Å². The van der Waals surface area contributed by atoms with Crippen LogP contribution in [0.25, 0.3) is 22.4 Å². The molecule has 0 aliphatic rings. The van der Waals surface area contributed by atoms with Gasteiger partial charge in [0.25, 0.3) is 10.0 Å². The van der Waals surface area contributed by atoms with Crippen LogP contribution in [0.1, 0.15) is 11.3 Å². The summed E-state index contributed by atoms with van der Waals surface area (Å²) in [6.07, 6.45) is 2.13. The maximum Gasteiger partial charge on any atom is 0.269 e. The second-order valence-corrected chi connectivity index (χ2v) is 8.97. The minimum Gasteiger partial charge on any atom is -0.326 e. The molecule has 7 nitrogen and oxygen atoms in total. The van der Waals surface area contributed by atoms with Crippen LogP contribution in [0.3, 0.4) is 0 Å². The van der Waals surface area contributed by atoms with Crippen molar-refractivity contribution in [2.24, 2.45) is 0 Å². The third kappa shape index (κ3) is 3.25. The van der Waals surface area contributed by atoms with Crippen molar-refractivity contribution in [1.82, 2.24) is 18.9 Å². The normalized spacial score (nSPS) is 11.7. The fourth-order valence-electron chi connectivity index (χ4n) is 3.01. The number of halogens is 2. The summed E-state index contributed by atoms with van der Waals surface area (Å²) in [6, 6.07) is 7.33. The van der Waals surface area contributed by atoms with Gasteiger partial charge in [0.15, 0.2) is 16.1 Å². The molecule has 154 valence electrons. The Balaban J connectivity index is 2.05. The molecule has 1 N–H and O–H groups in total. The van der Waals surface area contributed by atoms with Crippen molar-refractivity contribution in [2.75, 3.05) is 0 Å². The van der Waals surface area contributed by atoms with Gasteiger partial charge in [0.05, 0.1) is 16.8 Å². The smallest absolute Gasteiger partial charge is 0.269 e. The van der Waals surface area contributed by atoms with E-state index in [0.29, 0.717) is 0 Å². The van der Waals surface area contributed by atoms with Crippen LogP contribution in [-0.2, 0) is 21.3 Å². The van der Waals surface area contributed by atoms with Gasteiger partial charge in [-0.15, -0.1) is 0 Å².